The normalized spacial score (nSPS) is 10.7. The van der Waals surface area contributed by atoms with E-state index in [9.17, 15) is 9.59 Å². The van der Waals surface area contributed by atoms with Crippen molar-refractivity contribution in [1.82, 2.24) is 10.2 Å². The number of carbonyl (C=O) groups excluding carboxylic acids is 2. The fourth-order valence-corrected chi connectivity index (χ4v) is 2.39. The average Bonchev–Trinajstić information content (AvgIpc) is 3.21. The molecule has 0 radical (unpaired) electrons. The molecule has 2 aromatic carbocycles. The molecule has 29 heavy (non-hydrogen) atoms. The molecule has 8 heteroatoms. The maximum absolute atomic E-state index is 12.0. The van der Waals surface area contributed by atoms with Crippen LogP contribution in [-0.4, -0.2) is 35.8 Å². The van der Waals surface area contributed by atoms with E-state index >= 15 is 0 Å². The van der Waals surface area contributed by atoms with Crippen molar-refractivity contribution in [3.63, 3.8) is 0 Å². The lowest BCUT2D eigenvalue weighted by Gasteiger charge is -2.01. The Morgan fingerprint density at radius 2 is 1.79 bits per heavy atom. The maximum Gasteiger partial charge on any atom is 0.338 e. The molecule has 0 fully saturated rings. The fraction of sp³-hybridized carbons (Fsp3) is 0.143. The van der Waals surface area contributed by atoms with Gasteiger partial charge < -0.3 is 13.9 Å². The Kier molecular flexibility index (Phi) is 6.36. The summed E-state index contributed by atoms with van der Waals surface area (Å²) in [5, 5.41) is 10.2. The summed E-state index contributed by atoms with van der Waals surface area (Å²) in [6.07, 6.45) is 3.01. The molecule has 148 valence electrons. The Hall–Kier alpha value is -3.94. The third-order valence-corrected chi connectivity index (χ3v) is 3.84. The number of nitrogens with zero attached hydrogens (tertiary/aromatic N) is 2. The lowest BCUT2D eigenvalue weighted by molar-refractivity contribution is -0.112. The van der Waals surface area contributed by atoms with Crippen LogP contribution in [0.3, 0.4) is 0 Å². The minimum Gasteiger partial charge on any atom is -0.497 e. The average molecular weight is 393 g/mol. The van der Waals surface area contributed by atoms with Gasteiger partial charge in [-0.1, -0.05) is 17.2 Å². The molecule has 0 aliphatic carbocycles. The molecule has 0 spiro atoms. The largest absolute Gasteiger partial charge is 0.497 e. The Labute approximate surface area is 167 Å². The summed E-state index contributed by atoms with van der Waals surface area (Å²) in [7, 11) is 1.59. The highest BCUT2D eigenvalue weighted by Crippen LogP contribution is 2.20. The van der Waals surface area contributed by atoms with E-state index in [0.29, 0.717) is 17.7 Å². The molecule has 8 nitrogen and oxygen atoms in total. The first-order valence-corrected chi connectivity index (χ1v) is 8.83. The van der Waals surface area contributed by atoms with E-state index in [2.05, 4.69) is 15.5 Å². The number of hydrogen-bond donors (Lipinski definition) is 1. The second-order valence-electron chi connectivity index (χ2n) is 5.81. The SMILES string of the molecule is CCOC(=O)c1ccc(-c2nnc(NC(=O)/C=C/c3ccc(OC)cc3)o2)cc1. The van der Waals surface area contributed by atoms with Crippen molar-refractivity contribution in [2.75, 3.05) is 19.0 Å². The number of carbonyl (C=O) groups is 2. The third kappa shape index (κ3) is 5.29. The fourth-order valence-electron chi connectivity index (χ4n) is 2.39. The van der Waals surface area contributed by atoms with Crippen LogP contribution < -0.4 is 10.1 Å². The van der Waals surface area contributed by atoms with Crippen molar-refractivity contribution in [3.05, 3.63) is 65.7 Å². The van der Waals surface area contributed by atoms with Crippen molar-refractivity contribution in [1.29, 1.82) is 0 Å². The minimum atomic E-state index is -0.409. The van der Waals surface area contributed by atoms with Crippen molar-refractivity contribution in [2.24, 2.45) is 0 Å². The number of nitrogens with one attached hydrogen (secondary N) is 1. The highest BCUT2D eigenvalue weighted by molar-refractivity contribution is 6.00. The number of amides is 1. The van der Waals surface area contributed by atoms with Gasteiger partial charge in [-0.05, 0) is 55.0 Å². The van der Waals surface area contributed by atoms with Gasteiger partial charge in [0.25, 0.3) is 5.91 Å². The summed E-state index contributed by atoms with van der Waals surface area (Å²) in [6, 6.07) is 13.8. The molecule has 0 unspecified atom stereocenters. The number of methoxy groups -OCH3 is 1. The van der Waals surface area contributed by atoms with Crippen molar-refractivity contribution < 1.29 is 23.5 Å². The number of aromatic nitrogens is 2. The molecule has 1 aromatic heterocycles. The zero-order valence-electron chi connectivity index (χ0n) is 15.9. The summed E-state index contributed by atoms with van der Waals surface area (Å²) in [5.41, 5.74) is 1.88. The van der Waals surface area contributed by atoms with Crippen LogP contribution in [0.25, 0.3) is 17.5 Å². The van der Waals surface area contributed by atoms with Gasteiger partial charge in [0.15, 0.2) is 0 Å². The molecule has 1 amide bonds. The molecule has 0 saturated heterocycles. The van der Waals surface area contributed by atoms with Crippen molar-refractivity contribution in [3.8, 4) is 17.2 Å². The maximum atomic E-state index is 12.0. The molecule has 0 aliphatic rings. The first-order valence-electron chi connectivity index (χ1n) is 8.83. The van der Waals surface area contributed by atoms with Crippen LogP contribution in [-0.2, 0) is 9.53 Å². The molecule has 0 atom stereocenters. The standard InChI is InChI=1S/C21H19N3O5/c1-3-28-20(26)16-9-7-15(8-10-16)19-23-24-21(29-19)22-18(25)13-6-14-4-11-17(27-2)12-5-14/h4-13H,3H2,1-2H3,(H,22,24,25)/b13-6+. The van der Waals surface area contributed by atoms with Gasteiger partial charge in [-0.2, -0.15) is 0 Å². The number of hydrogen-bond acceptors (Lipinski definition) is 7. The van der Waals surface area contributed by atoms with Gasteiger partial charge in [0, 0.05) is 11.6 Å². The second-order valence-corrected chi connectivity index (χ2v) is 5.81. The molecular weight excluding hydrogens is 374 g/mol. The molecule has 0 saturated carbocycles. The number of rotatable bonds is 7. The molecule has 0 aliphatic heterocycles. The first-order chi connectivity index (χ1) is 14.1. The predicted octanol–water partition coefficient (Wildman–Crippen LogP) is 3.57. The predicted molar refractivity (Wildman–Crippen MR) is 106 cm³/mol. The summed E-state index contributed by atoms with van der Waals surface area (Å²) in [5.74, 6) is 0.143. The van der Waals surface area contributed by atoms with Crippen LogP contribution in [0.4, 0.5) is 6.01 Å². The van der Waals surface area contributed by atoms with E-state index in [1.807, 2.05) is 12.1 Å². The monoisotopic (exact) mass is 393 g/mol. The molecular formula is C21H19N3O5. The van der Waals surface area contributed by atoms with E-state index in [1.54, 1.807) is 56.5 Å². The molecule has 1 heterocycles. The Morgan fingerprint density at radius 3 is 2.45 bits per heavy atom. The number of benzene rings is 2. The van der Waals surface area contributed by atoms with Gasteiger partial charge in [0.05, 0.1) is 19.3 Å². The van der Waals surface area contributed by atoms with Crippen LogP contribution in [0.5, 0.6) is 5.75 Å². The minimum absolute atomic E-state index is 0.0288. The number of esters is 1. The van der Waals surface area contributed by atoms with Gasteiger partial charge in [-0.3, -0.25) is 10.1 Å². The van der Waals surface area contributed by atoms with Gasteiger partial charge in [0.1, 0.15) is 5.75 Å². The highest BCUT2D eigenvalue weighted by Gasteiger charge is 2.12. The van der Waals surface area contributed by atoms with Gasteiger partial charge >= 0.3 is 12.0 Å². The lowest BCUT2D eigenvalue weighted by atomic mass is 10.1. The molecule has 3 rings (SSSR count). The molecule has 3 aromatic rings. The lowest BCUT2D eigenvalue weighted by Crippen LogP contribution is -2.07. The quantitative estimate of drug-likeness (QED) is 0.483. The topological polar surface area (TPSA) is 104 Å². The number of anilines is 1. The summed E-state index contributed by atoms with van der Waals surface area (Å²) in [4.78, 5) is 23.7. The van der Waals surface area contributed by atoms with Gasteiger partial charge in [-0.25, -0.2) is 4.79 Å². The number of ether oxygens (including phenoxy) is 2. The zero-order chi connectivity index (χ0) is 20.6. The summed E-state index contributed by atoms with van der Waals surface area (Å²) < 4.78 is 15.5. The molecule has 0 bridgehead atoms. The van der Waals surface area contributed by atoms with E-state index in [1.165, 1.54) is 6.08 Å². The van der Waals surface area contributed by atoms with Crippen LogP contribution >= 0.6 is 0 Å². The van der Waals surface area contributed by atoms with Crippen LogP contribution in [0.1, 0.15) is 22.8 Å². The van der Waals surface area contributed by atoms with E-state index in [4.69, 9.17) is 13.9 Å². The smallest absolute Gasteiger partial charge is 0.338 e. The van der Waals surface area contributed by atoms with Crippen LogP contribution in [0.2, 0.25) is 0 Å². The second kappa shape index (κ2) is 9.32. The summed E-state index contributed by atoms with van der Waals surface area (Å²) in [6.45, 7) is 2.05. The first kappa shape index (κ1) is 19.8. The summed E-state index contributed by atoms with van der Waals surface area (Å²) >= 11 is 0. The highest BCUT2D eigenvalue weighted by atomic mass is 16.5. The van der Waals surface area contributed by atoms with Crippen molar-refractivity contribution in [2.45, 2.75) is 6.92 Å². The third-order valence-electron chi connectivity index (χ3n) is 3.84. The van der Waals surface area contributed by atoms with E-state index in [0.717, 1.165) is 11.3 Å². The zero-order valence-corrected chi connectivity index (χ0v) is 15.9. The van der Waals surface area contributed by atoms with Crippen LogP contribution in [0.15, 0.2) is 59.0 Å². The Bertz CT molecular complexity index is 1010. The molecule has 1 N–H and O–H groups in total. The van der Waals surface area contributed by atoms with Crippen LogP contribution in [0, 0.1) is 0 Å². The van der Waals surface area contributed by atoms with Gasteiger partial charge in [-0.15, -0.1) is 5.10 Å². The van der Waals surface area contributed by atoms with Gasteiger partial charge in [0.2, 0.25) is 5.89 Å². The van der Waals surface area contributed by atoms with E-state index < -0.39 is 11.9 Å². The Morgan fingerprint density at radius 1 is 1.07 bits per heavy atom. The van der Waals surface area contributed by atoms with Crippen molar-refractivity contribution >= 4 is 24.0 Å². The Balaban J connectivity index is 1.61. The van der Waals surface area contributed by atoms with E-state index in [-0.39, 0.29) is 11.9 Å².